The number of carbonyl (C=O) groups is 1. The van der Waals surface area contributed by atoms with Crippen molar-refractivity contribution in [2.75, 3.05) is 13.1 Å². The van der Waals surface area contributed by atoms with Crippen molar-refractivity contribution in [3.63, 3.8) is 0 Å². The maximum atomic E-state index is 11.3. The van der Waals surface area contributed by atoms with Crippen molar-refractivity contribution in [2.24, 2.45) is 0 Å². The molecule has 2 fully saturated rings. The smallest absolute Gasteiger partial charge is 0.239 e. The molecule has 1 atom stereocenters. The molecule has 4 nitrogen and oxygen atoms in total. The van der Waals surface area contributed by atoms with Crippen LogP contribution in [0.1, 0.15) is 25.7 Å². The fourth-order valence-corrected chi connectivity index (χ4v) is 1.97. The molecule has 12 heavy (non-hydrogen) atoms. The number of amides is 1. The minimum absolute atomic E-state index is 0.0272. The predicted octanol–water partition coefficient (Wildman–Crippen LogP) is -0.362. The van der Waals surface area contributed by atoms with E-state index in [0.717, 1.165) is 19.3 Å². The van der Waals surface area contributed by atoms with Gasteiger partial charge in [-0.3, -0.25) is 10.1 Å². The van der Waals surface area contributed by atoms with Gasteiger partial charge < -0.3 is 10.0 Å². The zero-order valence-electron chi connectivity index (χ0n) is 7.05. The molecular formula is C8H14N2O2. The highest BCUT2D eigenvalue weighted by molar-refractivity contribution is 5.81. The Balaban J connectivity index is 2.19. The summed E-state index contributed by atoms with van der Waals surface area (Å²) in [4.78, 5) is 12.8. The van der Waals surface area contributed by atoms with Gasteiger partial charge in [0.15, 0.2) is 5.85 Å². The second-order valence-electron chi connectivity index (χ2n) is 3.53. The highest BCUT2D eigenvalue weighted by atomic mass is 16.3. The van der Waals surface area contributed by atoms with Crippen LogP contribution >= 0.6 is 0 Å². The Labute approximate surface area is 71.5 Å². The Kier molecular flexibility index (Phi) is 1.81. The maximum absolute atomic E-state index is 11.3. The van der Waals surface area contributed by atoms with Crippen molar-refractivity contribution in [1.29, 1.82) is 0 Å². The van der Waals surface area contributed by atoms with Gasteiger partial charge in [-0.05, 0) is 12.8 Å². The van der Waals surface area contributed by atoms with Gasteiger partial charge in [0.25, 0.3) is 0 Å². The third kappa shape index (κ3) is 1.11. The van der Waals surface area contributed by atoms with Gasteiger partial charge in [-0.1, -0.05) is 6.42 Å². The Morgan fingerprint density at radius 1 is 1.42 bits per heavy atom. The number of hydrogen-bond acceptors (Lipinski definition) is 3. The number of nitrogens with zero attached hydrogens (tertiary/aromatic N) is 1. The molecule has 2 N–H and O–H groups in total. The third-order valence-corrected chi connectivity index (χ3v) is 2.68. The summed E-state index contributed by atoms with van der Waals surface area (Å²) in [6.45, 7) is 0.985. The molecule has 4 heteroatoms. The highest BCUT2D eigenvalue weighted by Crippen LogP contribution is 2.25. The monoisotopic (exact) mass is 170 g/mol. The number of rotatable bonds is 0. The average Bonchev–Trinajstić information content (AvgIpc) is 2.24. The van der Waals surface area contributed by atoms with Gasteiger partial charge in [-0.15, -0.1) is 0 Å². The first-order valence-electron chi connectivity index (χ1n) is 4.50. The largest absolute Gasteiger partial charge is 0.358 e. The van der Waals surface area contributed by atoms with E-state index in [9.17, 15) is 9.90 Å². The van der Waals surface area contributed by atoms with Crippen LogP contribution in [0.15, 0.2) is 0 Å². The molecule has 0 aliphatic carbocycles. The van der Waals surface area contributed by atoms with E-state index in [1.807, 2.05) is 0 Å². The van der Waals surface area contributed by atoms with E-state index in [1.165, 1.54) is 0 Å². The molecule has 2 aliphatic heterocycles. The van der Waals surface area contributed by atoms with Gasteiger partial charge in [0, 0.05) is 13.0 Å². The molecule has 0 radical (unpaired) electrons. The summed E-state index contributed by atoms with van der Waals surface area (Å²) in [5.41, 5.74) is 0. The number of hydrogen-bond donors (Lipinski definition) is 2. The summed E-state index contributed by atoms with van der Waals surface area (Å²) in [5, 5.41) is 12.8. The first-order chi connectivity index (χ1) is 5.72. The van der Waals surface area contributed by atoms with Crippen LogP contribution in [0.4, 0.5) is 0 Å². The zero-order valence-corrected chi connectivity index (χ0v) is 7.05. The summed E-state index contributed by atoms with van der Waals surface area (Å²) >= 11 is 0. The van der Waals surface area contributed by atoms with E-state index in [4.69, 9.17) is 0 Å². The molecule has 0 saturated carbocycles. The third-order valence-electron chi connectivity index (χ3n) is 2.68. The molecule has 2 rings (SSSR count). The normalized spacial score (nSPS) is 36.4. The topological polar surface area (TPSA) is 52.6 Å². The lowest BCUT2D eigenvalue weighted by atomic mass is 10.2. The lowest BCUT2D eigenvalue weighted by Gasteiger charge is -2.30. The summed E-state index contributed by atoms with van der Waals surface area (Å²) in [6, 6.07) is 0. The van der Waals surface area contributed by atoms with E-state index in [-0.39, 0.29) is 12.5 Å². The Hall–Kier alpha value is -0.610. The van der Waals surface area contributed by atoms with Crippen molar-refractivity contribution < 1.29 is 9.90 Å². The van der Waals surface area contributed by atoms with Gasteiger partial charge in [0.05, 0.1) is 6.54 Å². The Morgan fingerprint density at radius 2 is 2.25 bits per heavy atom. The van der Waals surface area contributed by atoms with Crippen molar-refractivity contribution in [3.05, 3.63) is 0 Å². The summed E-state index contributed by atoms with van der Waals surface area (Å²) in [7, 11) is 0. The first-order valence-corrected chi connectivity index (χ1v) is 4.50. The van der Waals surface area contributed by atoms with Gasteiger partial charge in [0.1, 0.15) is 0 Å². The van der Waals surface area contributed by atoms with E-state index >= 15 is 0 Å². The second kappa shape index (κ2) is 2.71. The van der Waals surface area contributed by atoms with Crippen LogP contribution in [0.3, 0.4) is 0 Å². The van der Waals surface area contributed by atoms with Crippen LogP contribution in [0.5, 0.6) is 0 Å². The highest BCUT2D eigenvalue weighted by Gasteiger charge is 2.43. The fraction of sp³-hybridized carbons (Fsp3) is 0.875. The van der Waals surface area contributed by atoms with Crippen LogP contribution in [0, 0.1) is 0 Å². The van der Waals surface area contributed by atoms with Crippen LogP contribution in [0.2, 0.25) is 0 Å². The summed E-state index contributed by atoms with van der Waals surface area (Å²) in [5.74, 6) is -0.993. The Morgan fingerprint density at radius 3 is 3.08 bits per heavy atom. The van der Waals surface area contributed by atoms with E-state index in [2.05, 4.69) is 5.32 Å². The SMILES string of the molecule is O=C1CNC2(O)CCCCCN12. The number of nitrogens with one attached hydrogen (secondary N) is 1. The molecule has 0 aromatic rings. The van der Waals surface area contributed by atoms with Crippen LogP contribution in [0.25, 0.3) is 0 Å². The number of fused-ring (bicyclic) bond motifs is 1. The Bertz CT molecular complexity index is 207. The molecule has 0 spiro atoms. The van der Waals surface area contributed by atoms with Crippen molar-refractivity contribution in [3.8, 4) is 0 Å². The van der Waals surface area contributed by atoms with Crippen LogP contribution in [-0.2, 0) is 4.79 Å². The predicted molar refractivity (Wildman–Crippen MR) is 43.1 cm³/mol. The number of aliphatic hydroxyl groups is 1. The first kappa shape index (κ1) is 8.01. The average molecular weight is 170 g/mol. The van der Waals surface area contributed by atoms with Crippen LogP contribution in [-0.4, -0.2) is 34.9 Å². The van der Waals surface area contributed by atoms with Crippen molar-refractivity contribution >= 4 is 5.91 Å². The fourth-order valence-electron chi connectivity index (χ4n) is 1.97. The second-order valence-corrected chi connectivity index (χ2v) is 3.53. The van der Waals surface area contributed by atoms with Crippen LogP contribution < -0.4 is 5.32 Å². The van der Waals surface area contributed by atoms with Crippen molar-refractivity contribution in [1.82, 2.24) is 10.2 Å². The molecule has 0 aromatic carbocycles. The lowest BCUT2D eigenvalue weighted by molar-refractivity contribution is -0.147. The van der Waals surface area contributed by atoms with E-state index < -0.39 is 5.85 Å². The minimum Gasteiger partial charge on any atom is -0.358 e. The molecule has 0 aromatic heterocycles. The molecule has 2 aliphatic rings. The molecule has 0 bridgehead atoms. The number of carbonyl (C=O) groups excluding carboxylic acids is 1. The maximum Gasteiger partial charge on any atom is 0.239 e. The molecule has 68 valence electrons. The molecule has 2 heterocycles. The standard InChI is InChI=1S/C8H14N2O2/c11-7-6-9-8(12)4-2-1-3-5-10(7)8/h9,12H,1-6H2. The molecule has 1 unspecified atom stereocenters. The molecule has 2 saturated heterocycles. The lowest BCUT2D eigenvalue weighted by Crippen LogP contribution is -2.51. The van der Waals surface area contributed by atoms with Gasteiger partial charge >= 0.3 is 0 Å². The van der Waals surface area contributed by atoms with Gasteiger partial charge in [-0.25, -0.2) is 0 Å². The minimum atomic E-state index is -1.02. The zero-order chi connectivity index (χ0) is 8.60. The molecule has 1 amide bonds. The van der Waals surface area contributed by atoms with E-state index in [0.29, 0.717) is 13.0 Å². The van der Waals surface area contributed by atoms with Crippen molar-refractivity contribution in [2.45, 2.75) is 31.5 Å². The quantitative estimate of drug-likeness (QED) is 0.522. The molecular weight excluding hydrogens is 156 g/mol. The summed E-state index contributed by atoms with van der Waals surface area (Å²) < 4.78 is 0. The van der Waals surface area contributed by atoms with Gasteiger partial charge in [0.2, 0.25) is 5.91 Å². The van der Waals surface area contributed by atoms with E-state index in [1.54, 1.807) is 4.90 Å². The van der Waals surface area contributed by atoms with Gasteiger partial charge in [-0.2, -0.15) is 0 Å². The summed E-state index contributed by atoms with van der Waals surface area (Å²) in [6.07, 6.45) is 3.77.